The van der Waals surface area contributed by atoms with Crippen molar-refractivity contribution >= 4 is 22.2 Å². The molecule has 0 spiro atoms. The van der Waals surface area contributed by atoms with Crippen molar-refractivity contribution in [2.24, 2.45) is 0 Å². The largest absolute Gasteiger partial charge is 0.496 e. The maximum Gasteiger partial charge on any atom is 0.166 e. The van der Waals surface area contributed by atoms with Crippen molar-refractivity contribution in [1.82, 2.24) is 4.57 Å². The van der Waals surface area contributed by atoms with Gasteiger partial charge in [0.05, 0.1) is 17.3 Å². The van der Waals surface area contributed by atoms with E-state index in [-0.39, 0.29) is 0 Å². The normalized spacial score (nSPS) is 10.1. The second kappa shape index (κ2) is 4.53. The Labute approximate surface area is 102 Å². The van der Waals surface area contributed by atoms with Gasteiger partial charge in [0.15, 0.2) is 6.29 Å². The Morgan fingerprint density at radius 3 is 2.81 bits per heavy atom. The highest BCUT2D eigenvalue weighted by Crippen LogP contribution is 2.27. The van der Waals surface area contributed by atoms with E-state index in [0.29, 0.717) is 5.69 Å². The number of aromatic nitrogens is 1. The summed E-state index contributed by atoms with van der Waals surface area (Å²) in [4.78, 5) is 10.8. The van der Waals surface area contributed by atoms with Crippen molar-refractivity contribution in [3.63, 3.8) is 0 Å². The highest BCUT2D eigenvalue weighted by Gasteiger charge is 2.05. The molecule has 0 amide bonds. The maximum absolute atomic E-state index is 10.8. The van der Waals surface area contributed by atoms with E-state index in [1.54, 1.807) is 13.2 Å². The quantitative estimate of drug-likeness (QED) is 0.809. The van der Waals surface area contributed by atoms with Gasteiger partial charge in [-0.25, -0.2) is 0 Å². The van der Waals surface area contributed by atoms with Gasteiger partial charge in [0, 0.05) is 11.9 Å². The van der Waals surface area contributed by atoms with Crippen LogP contribution in [-0.4, -0.2) is 18.0 Å². The van der Waals surface area contributed by atoms with Crippen LogP contribution in [0.15, 0.2) is 41.0 Å². The minimum atomic E-state index is 0.622. The second-order valence-corrected chi connectivity index (χ2v) is 4.09. The number of hydrogen-bond acceptors (Lipinski definition) is 2. The van der Waals surface area contributed by atoms with Crippen LogP contribution in [0, 0.1) is 0 Å². The van der Waals surface area contributed by atoms with Gasteiger partial charge in [0.1, 0.15) is 5.75 Å². The van der Waals surface area contributed by atoms with Crippen molar-refractivity contribution in [2.75, 3.05) is 7.11 Å². The van der Waals surface area contributed by atoms with Crippen LogP contribution in [0.2, 0.25) is 0 Å². The smallest absolute Gasteiger partial charge is 0.166 e. The summed E-state index contributed by atoms with van der Waals surface area (Å²) in [5.41, 5.74) is 1.54. The number of nitrogens with zero attached hydrogens (tertiary/aromatic N) is 1. The van der Waals surface area contributed by atoms with Crippen molar-refractivity contribution in [3.05, 3.63) is 46.7 Å². The van der Waals surface area contributed by atoms with E-state index in [1.807, 2.05) is 35.0 Å². The monoisotopic (exact) mass is 279 g/mol. The van der Waals surface area contributed by atoms with E-state index in [1.165, 1.54) is 0 Å². The molecule has 82 valence electrons. The summed E-state index contributed by atoms with van der Waals surface area (Å²) in [5.74, 6) is 0.767. The summed E-state index contributed by atoms with van der Waals surface area (Å²) in [6.45, 7) is 0. The molecular weight excluding hydrogens is 270 g/mol. The van der Waals surface area contributed by atoms with E-state index in [4.69, 9.17) is 4.74 Å². The fourth-order valence-corrected chi connectivity index (χ4v) is 2.06. The molecule has 0 aliphatic heterocycles. The molecule has 0 atom stereocenters. The van der Waals surface area contributed by atoms with Crippen molar-refractivity contribution in [1.29, 1.82) is 0 Å². The Bertz CT molecular complexity index is 519. The lowest BCUT2D eigenvalue weighted by Crippen LogP contribution is -1.97. The summed E-state index contributed by atoms with van der Waals surface area (Å²) in [7, 11) is 1.62. The molecule has 0 bridgehead atoms. The first kappa shape index (κ1) is 11.0. The molecule has 0 saturated carbocycles. The van der Waals surface area contributed by atoms with Gasteiger partial charge >= 0.3 is 0 Å². The van der Waals surface area contributed by atoms with Crippen molar-refractivity contribution in [2.45, 2.75) is 0 Å². The number of methoxy groups -OCH3 is 1. The van der Waals surface area contributed by atoms with Crippen molar-refractivity contribution in [3.8, 4) is 11.4 Å². The summed E-state index contributed by atoms with van der Waals surface area (Å²) in [5, 5.41) is 0. The van der Waals surface area contributed by atoms with Gasteiger partial charge < -0.3 is 9.30 Å². The van der Waals surface area contributed by atoms with E-state index < -0.39 is 0 Å². The standard InChI is InChI=1S/C12H10BrNO2/c1-16-12-5-4-9(7-11(12)13)14-6-2-3-10(14)8-15/h2-8H,1H3. The summed E-state index contributed by atoms with van der Waals surface area (Å²) < 4.78 is 7.82. The first-order valence-corrected chi connectivity index (χ1v) is 5.52. The molecule has 2 rings (SSSR count). The van der Waals surface area contributed by atoms with Gasteiger partial charge in [-0.05, 0) is 46.3 Å². The zero-order valence-corrected chi connectivity index (χ0v) is 10.3. The first-order chi connectivity index (χ1) is 7.76. The third-order valence-corrected chi connectivity index (χ3v) is 2.93. The lowest BCUT2D eigenvalue weighted by molar-refractivity contribution is 0.111. The van der Waals surface area contributed by atoms with E-state index in [9.17, 15) is 4.79 Å². The molecule has 0 N–H and O–H groups in total. The van der Waals surface area contributed by atoms with Gasteiger partial charge in [0.2, 0.25) is 0 Å². The Morgan fingerprint density at radius 1 is 1.38 bits per heavy atom. The van der Waals surface area contributed by atoms with E-state index in [0.717, 1.165) is 22.2 Å². The molecule has 0 aliphatic rings. The fraction of sp³-hybridized carbons (Fsp3) is 0.0833. The van der Waals surface area contributed by atoms with Crippen LogP contribution < -0.4 is 4.74 Å². The van der Waals surface area contributed by atoms with Gasteiger partial charge in [0.25, 0.3) is 0 Å². The highest BCUT2D eigenvalue weighted by molar-refractivity contribution is 9.10. The molecule has 0 unspecified atom stereocenters. The first-order valence-electron chi connectivity index (χ1n) is 4.72. The third-order valence-electron chi connectivity index (χ3n) is 2.31. The van der Waals surface area contributed by atoms with E-state index >= 15 is 0 Å². The van der Waals surface area contributed by atoms with E-state index in [2.05, 4.69) is 15.9 Å². The number of benzene rings is 1. The molecule has 2 aromatic rings. The minimum Gasteiger partial charge on any atom is -0.496 e. The number of aldehydes is 1. The highest BCUT2D eigenvalue weighted by atomic mass is 79.9. The average Bonchev–Trinajstić information content (AvgIpc) is 2.77. The maximum atomic E-state index is 10.8. The Balaban J connectivity index is 2.49. The molecule has 0 aliphatic carbocycles. The average molecular weight is 280 g/mol. The van der Waals surface area contributed by atoms with Crippen LogP contribution in [0.5, 0.6) is 5.75 Å². The fourth-order valence-electron chi connectivity index (χ4n) is 1.53. The number of carbonyl (C=O) groups is 1. The number of rotatable bonds is 3. The number of ether oxygens (including phenoxy) is 1. The molecule has 0 fully saturated rings. The molecule has 0 radical (unpaired) electrons. The van der Waals surface area contributed by atoms with Gasteiger partial charge in [-0.3, -0.25) is 4.79 Å². The molecule has 1 aromatic carbocycles. The Kier molecular flexibility index (Phi) is 3.10. The van der Waals surface area contributed by atoms with Crippen LogP contribution in [0.1, 0.15) is 10.5 Å². The SMILES string of the molecule is COc1ccc(-n2cccc2C=O)cc1Br. The molecule has 1 aromatic heterocycles. The second-order valence-electron chi connectivity index (χ2n) is 3.24. The van der Waals surface area contributed by atoms with Crippen LogP contribution >= 0.6 is 15.9 Å². The van der Waals surface area contributed by atoms with Gasteiger partial charge in [-0.15, -0.1) is 0 Å². The van der Waals surface area contributed by atoms with Crippen LogP contribution in [-0.2, 0) is 0 Å². The third kappa shape index (κ3) is 1.88. The summed E-state index contributed by atoms with van der Waals surface area (Å²) >= 11 is 3.41. The summed E-state index contributed by atoms with van der Waals surface area (Å²) in [6, 6.07) is 9.27. The number of halogens is 1. The van der Waals surface area contributed by atoms with Gasteiger partial charge in [-0.2, -0.15) is 0 Å². The number of hydrogen-bond donors (Lipinski definition) is 0. The summed E-state index contributed by atoms with van der Waals surface area (Å²) in [6.07, 6.45) is 2.68. The molecule has 0 saturated heterocycles. The Morgan fingerprint density at radius 2 is 2.19 bits per heavy atom. The topological polar surface area (TPSA) is 31.2 Å². The molecule has 4 heteroatoms. The van der Waals surface area contributed by atoms with Crippen LogP contribution in [0.3, 0.4) is 0 Å². The van der Waals surface area contributed by atoms with Crippen LogP contribution in [0.25, 0.3) is 5.69 Å². The van der Waals surface area contributed by atoms with Crippen molar-refractivity contribution < 1.29 is 9.53 Å². The molecule has 16 heavy (non-hydrogen) atoms. The minimum absolute atomic E-state index is 0.622. The lowest BCUT2D eigenvalue weighted by atomic mass is 10.3. The molecule has 1 heterocycles. The Hall–Kier alpha value is -1.55. The zero-order valence-electron chi connectivity index (χ0n) is 8.68. The molecule has 3 nitrogen and oxygen atoms in total. The zero-order chi connectivity index (χ0) is 11.5. The molecular formula is C12H10BrNO2. The predicted octanol–water partition coefficient (Wildman–Crippen LogP) is 3.06. The van der Waals surface area contributed by atoms with Crippen LogP contribution in [0.4, 0.5) is 0 Å². The number of carbonyl (C=O) groups excluding carboxylic acids is 1. The predicted molar refractivity (Wildman–Crippen MR) is 65.4 cm³/mol. The van der Waals surface area contributed by atoms with Gasteiger partial charge in [-0.1, -0.05) is 0 Å². The lowest BCUT2D eigenvalue weighted by Gasteiger charge is -2.08.